The van der Waals surface area contributed by atoms with Crippen LogP contribution in [-0.2, 0) is 16.1 Å². The molecule has 0 bridgehead atoms. The van der Waals surface area contributed by atoms with E-state index < -0.39 is 0 Å². The molecule has 6 heteroatoms. The average molecular weight is 304 g/mol. The lowest BCUT2D eigenvalue weighted by molar-refractivity contribution is -0.139. The van der Waals surface area contributed by atoms with Crippen molar-refractivity contribution in [2.45, 2.75) is 26.3 Å². The van der Waals surface area contributed by atoms with Crippen molar-refractivity contribution in [3.8, 4) is 0 Å². The molecule has 6 nitrogen and oxygen atoms in total. The number of aliphatic hydroxyl groups is 1. The van der Waals surface area contributed by atoms with Crippen LogP contribution in [-0.4, -0.2) is 52.3 Å². The van der Waals surface area contributed by atoms with Crippen molar-refractivity contribution >= 4 is 17.7 Å². The predicted octanol–water partition coefficient (Wildman–Crippen LogP) is 0.790. The molecule has 1 fully saturated rings. The van der Waals surface area contributed by atoms with Gasteiger partial charge in [-0.15, -0.1) is 0 Å². The van der Waals surface area contributed by atoms with Crippen molar-refractivity contribution in [2.75, 3.05) is 19.7 Å². The minimum absolute atomic E-state index is 0.0726. The molecule has 0 unspecified atom stereocenters. The Balaban J connectivity index is 2.05. The summed E-state index contributed by atoms with van der Waals surface area (Å²) in [7, 11) is 0. The molecule has 2 rings (SSSR count). The average Bonchev–Trinajstić information content (AvgIpc) is 2.84. The molecule has 118 valence electrons. The van der Waals surface area contributed by atoms with E-state index in [0.717, 1.165) is 5.56 Å². The second-order valence-corrected chi connectivity index (χ2v) is 5.18. The van der Waals surface area contributed by atoms with Crippen LogP contribution < -0.4 is 0 Å². The smallest absolute Gasteiger partial charge is 0.253 e. The zero-order valence-corrected chi connectivity index (χ0v) is 12.6. The number of aliphatic hydroxyl groups excluding tert-OH is 1. The number of benzene rings is 1. The summed E-state index contributed by atoms with van der Waals surface area (Å²) in [5, 5.41) is 8.95. The van der Waals surface area contributed by atoms with E-state index in [9.17, 15) is 14.4 Å². The van der Waals surface area contributed by atoms with Gasteiger partial charge in [0.05, 0.1) is 13.2 Å². The zero-order valence-electron chi connectivity index (χ0n) is 12.6. The second-order valence-electron chi connectivity index (χ2n) is 5.18. The van der Waals surface area contributed by atoms with Gasteiger partial charge in [-0.2, -0.15) is 0 Å². The molecular formula is C16H20N2O4. The number of hydrogen-bond acceptors (Lipinski definition) is 4. The van der Waals surface area contributed by atoms with Crippen LogP contribution in [0, 0.1) is 0 Å². The quantitative estimate of drug-likeness (QED) is 0.788. The van der Waals surface area contributed by atoms with Crippen LogP contribution >= 0.6 is 0 Å². The van der Waals surface area contributed by atoms with Crippen LogP contribution in [0.3, 0.4) is 0 Å². The highest BCUT2D eigenvalue weighted by Crippen LogP contribution is 2.16. The largest absolute Gasteiger partial charge is 0.395 e. The molecule has 1 N–H and O–H groups in total. The van der Waals surface area contributed by atoms with E-state index in [1.807, 2.05) is 6.92 Å². The lowest BCUT2D eigenvalue weighted by Crippen LogP contribution is -2.33. The predicted molar refractivity (Wildman–Crippen MR) is 79.9 cm³/mol. The van der Waals surface area contributed by atoms with E-state index in [2.05, 4.69) is 0 Å². The van der Waals surface area contributed by atoms with Gasteiger partial charge in [-0.1, -0.05) is 12.1 Å². The number of carbonyl (C=O) groups excluding carboxylic acids is 3. The van der Waals surface area contributed by atoms with Gasteiger partial charge in [0, 0.05) is 31.5 Å². The van der Waals surface area contributed by atoms with E-state index in [1.54, 1.807) is 29.2 Å². The summed E-state index contributed by atoms with van der Waals surface area (Å²) in [6, 6.07) is 6.86. The fraction of sp³-hybridized carbons (Fsp3) is 0.438. The molecule has 0 aliphatic carbocycles. The van der Waals surface area contributed by atoms with Crippen LogP contribution in [0.5, 0.6) is 0 Å². The van der Waals surface area contributed by atoms with Gasteiger partial charge in [0.1, 0.15) is 0 Å². The summed E-state index contributed by atoms with van der Waals surface area (Å²) in [5.74, 6) is -0.438. The topological polar surface area (TPSA) is 77.9 Å². The summed E-state index contributed by atoms with van der Waals surface area (Å²) in [6.07, 6.45) is 0.560. The van der Waals surface area contributed by atoms with E-state index in [1.165, 1.54) is 4.90 Å². The third-order valence-electron chi connectivity index (χ3n) is 3.74. The minimum Gasteiger partial charge on any atom is -0.395 e. The monoisotopic (exact) mass is 304 g/mol. The molecule has 0 spiro atoms. The Morgan fingerprint density at radius 1 is 1.18 bits per heavy atom. The van der Waals surface area contributed by atoms with Crippen LogP contribution in [0.1, 0.15) is 35.7 Å². The number of nitrogens with zero attached hydrogens (tertiary/aromatic N) is 2. The van der Waals surface area contributed by atoms with E-state index >= 15 is 0 Å². The van der Waals surface area contributed by atoms with E-state index in [-0.39, 0.29) is 43.7 Å². The van der Waals surface area contributed by atoms with Crippen LogP contribution in [0.25, 0.3) is 0 Å². The maximum absolute atomic E-state index is 12.2. The van der Waals surface area contributed by atoms with E-state index in [4.69, 9.17) is 5.11 Å². The van der Waals surface area contributed by atoms with Crippen LogP contribution in [0.15, 0.2) is 24.3 Å². The summed E-state index contributed by atoms with van der Waals surface area (Å²) in [4.78, 5) is 38.2. The maximum Gasteiger partial charge on any atom is 0.253 e. The fourth-order valence-corrected chi connectivity index (χ4v) is 2.44. The Hall–Kier alpha value is -2.21. The number of carbonyl (C=O) groups is 3. The molecule has 0 radical (unpaired) electrons. The van der Waals surface area contributed by atoms with Gasteiger partial charge in [-0.05, 0) is 24.6 Å². The molecule has 1 saturated heterocycles. The third kappa shape index (κ3) is 3.51. The van der Waals surface area contributed by atoms with Crippen molar-refractivity contribution < 1.29 is 19.5 Å². The zero-order chi connectivity index (χ0) is 16.1. The fourth-order valence-electron chi connectivity index (χ4n) is 2.44. The second kappa shape index (κ2) is 7.17. The number of likely N-dealkylation sites (N-methyl/N-ethyl adjacent to an activating group) is 1. The molecule has 1 aliphatic rings. The first-order chi connectivity index (χ1) is 10.6. The number of amides is 3. The van der Waals surface area contributed by atoms with Gasteiger partial charge in [-0.3, -0.25) is 19.3 Å². The first-order valence-corrected chi connectivity index (χ1v) is 7.39. The van der Waals surface area contributed by atoms with Crippen molar-refractivity contribution in [1.29, 1.82) is 0 Å². The first kappa shape index (κ1) is 16.2. The van der Waals surface area contributed by atoms with Crippen molar-refractivity contribution in [3.63, 3.8) is 0 Å². The molecule has 0 saturated carbocycles. The SMILES string of the molecule is CCN(CCO)C(=O)c1ccc(CN2C(=O)CCC2=O)cc1. The van der Waals surface area contributed by atoms with Gasteiger partial charge in [-0.25, -0.2) is 0 Å². The van der Waals surface area contributed by atoms with Crippen molar-refractivity contribution in [1.82, 2.24) is 9.80 Å². The molecule has 1 aliphatic heterocycles. The maximum atomic E-state index is 12.2. The molecule has 1 aromatic rings. The minimum atomic E-state index is -0.148. The van der Waals surface area contributed by atoms with Crippen molar-refractivity contribution in [3.05, 3.63) is 35.4 Å². The lowest BCUT2D eigenvalue weighted by atomic mass is 10.1. The van der Waals surface area contributed by atoms with Gasteiger partial charge < -0.3 is 10.0 Å². The first-order valence-electron chi connectivity index (χ1n) is 7.39. The molecule has 0 aromatic heterocycles. The Morgan fingerprint density at radius 3 is 2.27 bits per heavy atom. The lowest BCUT2D eigenvalue weighted by Gasteiger charge is -2.20. The molecule has 3 amide bonds. The summed E-state index contributed by atoms with van der Waals surface area (Å²) in [5.41, 5.74) is 1.34. The number of imide groups is 1. The molecule has 0 atom stereocenters. The number of rotatable bonds is 6. The number of hydrogen-bond donors (Lipinski definition) is 1. The van der Waals surface area contributed by atoms with E-state index in [0.29, 0.717) is 18.7 Å². The molecular weight excluding hydrogens is 284 g/mol. The van der Waals surface area contributed by atoms with Crippen LogP contribution in [0.4, 0.5) is 0 Å². The highest BCUT2D eigenvalue weighted by molar-refractivity contribution is 6.01. The highest BCUT2D eigenvalue weighted by Gasteiger charge is 2.28. The Morgan fingerprint density at radius 2 is 1.77 bits per heavy atom. The van der Waals surface area contributed by atoms with Gasteiger partial charge in [0.15, 0.2) is 0 Å². The molecule has 1 aromatic carbocycles. The molecule has 22 heavy (non-hydrogen) atoms. The third-order valence-corrected chi connectivity index (χ3v) is 3.74. The standard InChI is InChI=1S/C16H20N2O4/c1-2-17(9-10-19)16(22)13-5-3-12(4-6-13)11-18-14(20)7-8-15(18)21/h3-6,19H,2,7-11H2,1H3. The summed E-state index contributed by atoms with van der Waals surface area (Å²) >= 11 is 0. The Bertz CT molecular complexity index is 552. The van der Waals surface area contributed by atoms with Crippen LogP contribution in [0.2, 0.25) is 0 Å². The number of likely N-dealkylation sites (tertiary alicyclic amines) is 1. The Labute approximate surface area is 129 Å². The van der Waals surface area contributed by atoms with Gasteiger partial charge in [0.25, 0.3) is 5.91 Å². The van der Waals surface area contributed by atoms with Gasteiger partial charge in [0.2, 0.25) is 11.8 Å². The molecule has 1 heterocycles. The highest BCUT2D eigenvalue weighted by atomic mass is 16.3. The summed E-state index contributed by atoms with van der Waals surface area (Å²) < 4.78 is 0. The van der Waals surface area contributed by atoms with Gasteiger partial charge >= 0.3 is 0 Å². The Kier molecular flexibility index (Phi) is 5.27. The van der Waals surface area contributed by atoms with Crippen molar-refractivity contribution in [2.24, 2.45) is 0 Å². The summed E-state index contributed by atoms with van der Waals surface area (Å²) in [6.45, 7) is 2.86. The normalized spacial score (nSPS) is 14.5.